The third-order valence-electron chi connectivity index (χ3n) is 7.93. The summed E-state index contributed by atoms with van der Waals surface area (Å²) in [6, 6.07) is 8.38. The predicted molar refractivity (Wildman–Crippen MR) is 185 cm³/mol. The van der Waals surface area contributed by atoms with E-state index in [1.807, 2.05) is 23.9 Å². The van der Waals surface area contributed by atoms with Gasteiger partial charge >= 0.3 is 0 Å². The lowest BCUT2D eigenvalue weighted by Gasteiger charge is -2.29. The lowest BCUT2D eigenvalue weighted by molar-refractivity contribution is 0.421. The van der Waals surface area contributed by atoms with E-state index in [-0.39, 0.29) is 21.7 Å². The van der Waals surface area contributed by atoms with E-state index in [1.165, 1.54) is 0 Å². The van der Waals surface area contributed by atoms with E-state index in [4.69, 9.17) is 4.98 Å². The van der Waals surface area contributed by atoms with Gasteiger partial charge in [-0.2, -0.15) is 15.0 Å². The van der Waals surface area contributed by atoms with Gasteiger partial charge in [-0.15, -0.1) is 0 Å². The Morgan fingerprint density at radius 2 is 0.818 bits per heavy atom. The molecule has 0 amide bonds. The molecule has 0 saturated heterocycles. The highest BCUT2D eigenvalue weighted by Gasteiger charge is 2.28. The molecule has 0 atom stereocenters. The average Bonchev–Trinajstić information content (AvgIpc) is 2.87. The van der Waals surface area contributed by atoms with Gasteiger partial charge in [0.25, 0.3) is 0 Å². The second-order valence-electron chi connectivity index (χ2n) is 16.3. The zero-order chi connectivity index (χ0) is 33.6. The molecular formula is C36H56N6O2. The molecule has 1 aromatic heterocycles. The summed E-state index contributed by atoms with van der Waals surface area (Å²) in [4.78, 5) is 18.3. The number of phenolic OH excluding ortho intramolecular Hbond substituents is 2. The van der Waals surface area contributed by atoms with E-state index < -0.39 is 0 Å². The normalized spacial score (nSPS) is 12.8. The molecule has 44 heavy (non-hydrogen) atoms. The number of hydrogen-bond donors (Lipinski definition) is 3. The van der Waals surface area contributed by atoms with Crippen LogP contribution in [0.1, 0.15) is 116 Å². The summed E-state index contributed by atoms with van der Waals surface area (Å²) < 4.78 is 0. The number of nitrogens with one attached hydrogen (secondary N) is 1. The fraction of sp³-hybridized carbons (Fsp3) is 0.583. The third kappa shape index (κ3) is 7.93. The second-order valence-corrected chi connectivity index (χ2v) is 16.3. The fourth-order valence-corrected chi connectivity index (χ4v) is 5.35. The lowest BCUT2D eigenvalue weighted by Crippen LogP contribution is -2.25. The van der Waals surface area contributed by atoms with Crippen LogP contribution in [0.15, 0.2) is 24.3 Å². The Bertz CT molecular complexity index is 1310. The summed E-state index contributed by atoms with van der Waals surface area (Å²) in [5.41, 5.74) is 5.02. The molecule has 3 aromatic rings. The third-order valence-corrected chi connectivity index (χ3v) is 7.93. The SMILES string of the molecule is CNc1nc(N(C)Cc2cc(C(C)(C)C)c(O)c(C(C)(C)C)c2)nc(N(C)Cc2cc(C(C)(C)C)c(O)c(C(C)(C)C)c2)n1. The number of aromatic nitrogens is 3. The highest BCUT2D eigenvalue weighted by atomic mass is 16.3. The lowest BCUT2D eigenvalue weighted by atomic mass is 9.78. The summed E-state index contributed by atoms with van der Waals surface area (Å²) >= 11 is 0. The van der Waals surface area contributed by atoms with Crippen LogP contribution in [0.4, 0.5) is 17.8 Å². The van der Waals surface area contributed by atoms with Crippen molar-refractivity contribution in [1.29, 1.82) is 0 Å². The predicted octanol–water partition coefficient (Wildman–Crippen LogP) is 7.79. The van der Waals surface area contributed by atoms with Gasteiger partial charge in [-0.05, 0) is 79.3 Å². The molecule has 0 aliphatic rings. The molecule has 3 N–H and O–H groups in total. The van der Waals surface area contributed by atoms with Gasteiger partial charge in [0.15, 0.2) is 0 Å². The minimum Gasteiger partial charge on any atom is -0.507 e. The standard InChI is InChI=1S/C36H56N6O2/c1-33(2,3)24-16-22(17-25(28(24)43)34(4,5)6)20-41(14)31-38-30(37-13)39-32(40-31)42(15)21-23-18-26(35(7,8)9)29(44)27(19-23)36(10,11)12/h16-19,43-44H,20-21H2,1-15H3,(H,37,38,39,40). The summed E-state index contributed by atoms with van der Waals surface area (Å²) in [6.07, 6.45) is 0. The van der Waals surface area contributed by atoms with Crippen LogP contribution in [0.2, 0.25) is 0 Å². The van der Waals surface area contributed by atoms with Crippen molar-refractivity contribution in [1.82, 2.24) is 15.0 Å². The molecule has 0 bridgehead atoms. The van der Waals surface area contributed by atoms with Crippen LogP contribution < -0.4 is 15.1 Å². The first-order valence-corrected chi connectivity index (χ1v) is 15.5. The molecule has 8 nitrogen and oxygen atoms in total. The summed E-state index contributed by atoms with van der Waals surface area (Å²) in [5.74, 6) is 2.32. The fourth-order valence-electron chi connectivity index (χ4n) is 5.35. The topological polar surface area (TPSA) is 97.6 Å². The molecule has 2 aromatic carbocycles. The van der Waals surface area contributed by atoms with Crippen molar-refractivity contribution >= 4 is 17.8 Å². The first-order valence-electron chi connectivity index (χ1n) is 15.5. The van der Waals surface area contributed by atoms with Crippen LogP contribution in [-0.2, 0) is 34.7 Å². The zero-order valence-corrected chi connectivity index (χ0v) is 29.9. The second kappa shape index (κ2) is 12.1. The monoisotopic (exact) mass is 604 g/mol. The first-order chi connectivity index (χ1) is 19.9. The van der Waals surface area contributed by atoms with Crippen molar-refractivity contribution in [3.05, 3.63) is 57.6 Å². The van der Waals surface area contributed by atoms with E-state index in [9.17, 15) is 10.2 Å². The number of phenols is 2. The van der Waals surface area contributed by atoms with Gasteiger partial charge in [-0.25, -0.2) is 0 Å². The van der Waals surface area contributed by atoms with Gasteiger partial charge in [0.1, 0.15) is 11.5 Å². The molecule has 0 radical (unpaired) electrons. The number of hydrogen-bond acceptors (Lipinski definition) is 8. The minimum atomic E-state index is -0.213. The molecule has 242 valence electrons. The molecule has 3 rings (SSSR count). The number of rotatable bonds is 7. The van der Waals surface area contributed by atoms with Gasteiger partial charge in [-0.3, -0.25) is 0 Å². The Kier molecular flexibility index (Phi) is 9.60. The minimum absolute atomic E-state index is 0.213. The highest BCUT2D eigenvalue weighted by Crippen LogP contribution is 2.41. The van der Waals surface area contributed by atoms with Crippen molar-refractivity contribution in [3.63, 3.8) is 0 Å². The first kappa shape index (κ1) is 34.9. The Morgan fingerprint density at radius 1 is 0.545 bits per heavy atom. The van der Waals surface area contributed by atoms with Crippen LogP contribution in [-0.4, -0.2) is 46.3 Å². The van der Waals surface area contributed by atoms with E-state index in [0.717, 1.165) is 33.4 Å². The van der Waals surface area contributed by atoms with Crippen molar-refractivity contribution in [2.75, 3.05) is 36.3 Å². The van der Waals surface area contributed by atoms with Gasteiger partial charge in [-0.1, -0.05) is 83.1 Å². The molecule has 1 heterocycles. The number of aromatic hydroxyl groups is 2. The average molecular weight is 605 g/mol. The summed E-state index contributed by atoms with van der Waals surface area (Å²) in [6.45, 7) is 26.6. The molecular weight excluding hydrogens is 548 g/mol. The van der Waals surface area contributed by atoms with Crippen molar-refractivity contribution in [3.8, 4) is 11.5 Å². The van der Waals surface area contributed by atoms with Gasteiger partial charge < -0.3 is 25.3 Å². The maximum atomic E-state index is 11.2. The molecule has 0 spiro atoms. The Morgan fingerprint density at radius 3 is 1.05 bits per heavy atom. The van der Waals surface area contributed by atoms with Gasteiger partial charge in [0.05, 0.1) is 0 Å². The number of nitrogens with zero attached hydrogens (tertiary/aromatic N) is 5. The van der Waals surface area contributed by atoms with Crippen LogP contribution in [0.3, 0.4) is 0 Å². The van der Waals surface area contributed by atoms with Gasteiger partial charge in [0.2, 0.25) is 17.8 Å². The largest absolute Gasteiger partial charge is 0.507 e. The molecule has 0 saturated carbocycles. The Balaban J connectivity index is 2.01. The van der Waals surface area contributed by atoms with E-state index in [0.29, 0.717) is 42.4 Å². The van der Waals surface area contributed by atoms with Crippen LogP contribution in [0, 0.1) is 0 Å². The van der Waals surface area contributed by atoms with Crippen LogP contribution in [0.5, 0.6) is 11.5 Å². The number of benzene rings is 2. The zero-order valence-electron chi connectivity index (χ0n) is 29.9. The molecule has 0 unspecified atom stereocenters. The van der Waals surface area contributed by atoms with Crippen LogP contribution >= 0.6 is 0 Å². The smallest absolute Gasteiger partial charge is 0.232 e. The Hall–Kier alpha value is -3.55. The van der Waals surface area contributed by atoms with Crippen molar-refractivity contribution < 1.29 is 10.2 Å². The van der Waals surface area contributed by atoms with Crippen molar-refractivity contribution in [2.45, 2.75) is 118 Å². The Labute approximate surface area is 266 Å². The molecule has 0 aliphatic heterocycles. The summed E-state index contributed by atoms with van der Waals surface area (Å²) in [5, 5.41) is 25.5. The molecule has 0 fully saturated rings. The van der Waals surface area contributed by atoms with E-state index in [1.54, 1.807) is 7.05 Å². The van der Waals surface area contributed by atoms with E-state index >= 15 is 0 Å². The maximum Gasteiger partial charge on any atom is 0.232 e. The van der Waals surface area contributed by atoms with Crippen molar-refractivity contribution in [2.24, 2.45) is 0 Å². The van der Waals surface area contributed by atoms with Gasteiger partial charge in [0, 0.05) is 34.2 Å². The van der Waals surface area contributed by atoms with E-state index in [2.05, 4.69) is 123 Å². The number of anilines is 3. The summed E-state index contributed by atoms with van der Waals surface area (Å²) in [7, 11) is 5.76. The highest BCUT2D eigenvalue weighted by molar-refractivity contribution is 5.53. The maximum absolute atomic E-state index is 11.2. The molecule has 0 aliphatic carbocycles. The van der Waals surface area contributed by atoms with Crippen LogP contribution in [0.25, 0.3) is 0 Å². The molecule has 8 heteroatoms. The quantitative estimate of drug-likeness (QED) is 0.251.